The number of carbonyl (C=O) groups excluding carboxylic acids is 1. The molecule has 0 unspecified atom stereocenters. The lowest BCUT2D eigenvalue weighted by Crippen LogP contribution is -2.38. The van der Waals surface area contributed by atoms with Gasteiger partial charge in [0.05, 0.1) is 7.11 Å². The fourth-order valence-electron chi connectivity index (χ4n) is 2.87. The van der Waals surface area contributed by atoms with Crippen molar-refractivity contribution in [3.63, 3.8) is 0 Å². The molecule has 2 N–H and O–H groups in total. The van der Waals surface area contributed by atoms with E-state index in [0.717, 1.165) is 29.8 Å². The zero-order valence-corrected chi connectivity index (χ0v) is 14.3. The molecule has 1 aliphatic rings. The van der Waals surface area contributed by atoms with Gasteiger partial charge in [0.15, 0.2) is 18.1 Å². The first-order valence-corrected chi connectivity index (χ1v) is 7.64. The Hall–Kier alpha value is -2.40. The second-order valence-corrected chi connectivity index (χ2v) is 5.43. The van der Waals surface area contributed by atoms with Gasteiger partial charge in [-0.3, -0.25) is 4.79 Å². The largest absolute Gasteiger partial charge is 0.493 e. The zero-order valence-electron chi connectivity index (χ0n) is 13.5. The summed E-state index contributed by atoms with van der Waals surface area (Å²) in [7, 11) is 1.58. The molecule has 1 amide bonds. The molecule has 0 saturated carbocycles. The van der Waals surface area contributed by atoms with Crippen LogP contribution in [0.15, 0.2) is 42.5 Å². The van der Waals surface area contributed by atoms with Gasteiger partial charge in [0.25, 0.3) is 5.91 Å². The fraction of sp³-hybridized carbons (Fsp3) is 0.278. The number of anilines is 2. The first-order chi connectivity index (χ1) is 11.2. The van der Waals surface area contributed by atoms with Crippen LogP contribution in [0.1, 0.15) is 12.0 Å². The minimum absolute atomic E-state index is 0. The number of benzene rings is 2. The second-order valence-electron chi connectivity index (χ2n) is 5.43. The third-order valence-corrected chi connectivity index (χ3v) is 4.01. The summed E-state index contributed by atoms with van der Waals surface area (Å²) in [5, 5.41) is 0. The maximum absolute atomic E-state index is 12.6. The van der Waals surface area contributed by atoms with Crippen LogP contribution < -0.4 is 20.1 Å². The van der Waals surface area contributed by atoms with E-state index in [-0.39, 0.29) is 24.9 Å². The number of nitrogens with two attached hydrogens (primary N) is 1. The fourth-order valence-corrected chi connectivity index (χ4v) is 2.87. The van der Waals surface area contributed by atoms with E-state index in [0.29, 0.717) is 18.0 Å². The summed E-state index contributed by atoms with van der Waals surface area (Å²) in [6.07, 6.45) is 1.81. The van der Waals surface area contributed by atoms with E-state index in [1.54, 1.807) is 24.1 Å². The maximum atomic E-state index is 12.6. The number of hydrogen-bond acceptors (Lipinski definition) is 4. The van der Waals surface area contributed by atoms with Crippen molar-refractivity contribution in [3.05, 3.63) is 48.0 Å². The van der Waals surface area contributed by atoms with Gasteiger partial charge in [-0.25, -0.2) is 0 Å². The molecule has 0 fully saturated rings. The molecule has 0 atom stereocenters. The van der Waals surface area contributed by atoms with Gasteiger partial charge in [0, 0.05) is 17.9 Å². The highest BCUT2D eigenvalue weighted by Gasteiger charge is 2.24. The summed E-state index contributed by atoms with van der Waals surface area (Å²) in [6, 6.07) is 13.0. The number of methoxy groups -OCH3 is 1. The van der Waals surface area contributed by atoms with Gasteiger partial charge >= 0.3 is 0 Å². The number of hydrogen-bond donors (Lipinski definition) is 1. The van der Waals surface area contributed by atoms with Crippen molar-refractivity contribution in [1.29, 1.82) is 0 Å². The van der Waals surface area contributed by atoms with E-state index in [1.165, 1.54) is 0 Å². The lowest BCUT2D eigenvalue weighted by atomic mass is 10.00. The van der Waals surface area contributed by atoms with Crippen LogP contribution in [-0.4, -0.2) is 26.2 Å². The first-order valence-electron chi connectivity index (χ1n) is 7.64. The molecule has 0 aromatic heterocycles. The molecule has 0 spiro atoms. The average molecular weight is 349 g/mol. The van der Waals surface area contributed by atoms with Crippen molar-refractivity contribution >= 4 is 29.7 Å². The van der Waals surface area contributed by atoms with Crippen molar-refractivity contribution in [2.24, 2.45) is 0 Å². The molecule has 2 aromatic carbocycles. The molecular weight excluding hydrogens is 328 g/mol. The molecule has 2 aromatic rings. The highest BCUT2D eigenvalue weighted by atomic mass is 35.5. The summed E-state index contributed by atoms with van der Waals surface area (Å²) in [5.41, 5.74) is 8.70. The van der Waals surface area contributed by atoms with Gasteiger partial charge in [-0.2, -0.15) is 0 Å². The lowest BCUT2D eigenvalue weighted by molar-refractivity contribution is -0.120. The summed E-state index contributed by atoms with van der Waals surface area (Å²) in [4.78, 5) is 14.3. The SMILES string of the molecule is COc1ccccc1OCC(=O)N1CCCc2c(N)cccc21.Cl. The van der Waals surface area contributed by atoms with E-state index >= 15 is 0 Å². The van der Waals surface area contributed by atoms with E-state index in [1.807, 2.05) is 30.3 Å². The number of para-hydroxylation sites is 2. The molecule has 1 heterocycles. The number of amides is 1. The van der Waals surface area contributed by atoms with Gasteiger partial charge in [-0.1, -0.05) is 18.2 Å². The monoisotopic (exact) mass is 348 g/mol. The molecular formula is C18H21ClN2O3. The summed E-state index contributed by atoms with van der Waals surface area (Å²) >= 11 is 0. The average Bonchev–Trinajstić information content (AvgIpc) is 2.60. The number of halogens is 1. The highest BCUT2D eigenvalue weighted by Crippen LogP contribution is 2.31. The van der Waals surface area contributed by atoms with Gasteiger partial charge < -0.3 is 20.1 Å². The molecule has 24 heavy (non-hydrogen) atoms. The summed E-state index contributed by atoms with van der Waals surface area (Å²) in [6.45, 7) is 0.652. The molecule has 0 bridgehead atoms. The molecule has 128 valence electrons. The third kappa shape index (κ3) is 3.57. The first kappa shape index (κ1) is 17.9. The number of nitrogen functional groups attached to an aromatic ring is 1. The van der Waals surface area contributed by atoms with Crippen LogP contribution in [0.4, 0.5) is 11.4 Å². The van der Waals surface area contributed by atoms with Crippen LogP contribution in [0.5, 0.6) is 11.5 Å². The van der Waals surface area contributed by atoms with Crippen LogP contribution in [0.2, 0.25) is 0 Å². The minimum Gasteiger partial charge on any atom is -0.493 e. The molecule has 6 heteroatoms. The van der Waals surface area contributed by atoms with Crippen molar-refractivity contribution in [1.82, 2.24) is 0 Å². The maximum Gasteiger partial charge on any atom is 0.264 e. The van der Waals surface area contributed by atoms with E-state index in [9.17, 15) is 4.79 Å². The van der Waals surface area contributed by atoms with E-state index in [2.05, 4.69) is 0 Å². The summed E-state index contributed by atoms with van der Waals surface area (Å²) < 4.78 is 10.9. The number of ether oxygens (including phenoxy) is 2. The molecule has 3 rings (SSSR count). The van der Waals surface area contributed by atoms with Crippen molar-refractivity contribution in [2.75, 3.05) is 30.9 Å². The Kier molecular flexibility index (Phi) is 5.93. The second kappa shape index (κ2) is 7.93. The predicted molar refractivity (Wildman–Crippen MR) is 97.3 cm³/mol. The summed E-state index contributed by atoms with van der Waals surface area (Å²) in [5.74, 6) is 1.10. The number of rotatable bonds is 4. The zero-order chi connectivity index (χ0) is 16.2. The Labute approximate surface area is 147 Å². The molecule has 0 saturated heterocycles. The molecule has 1 aliphatic heterocycles. The molecule has 5 nitrogen and oxygen atoms in total. The van der Waals surface area contributed by atoms with Crippen molar-refractivity contribution < 1.29 is 14.3 Å². The molecule has 0 radical (unpaired) electrons. The topological polar surface area (TPSA) is 64.8 Å². The van der Waals surface area contributed by atoms with Gasteiger partial charge in [-0.05, 0) is 42.7 Å². The minimum atomic E-state index is -0.0811. The smallest absolute Gasteiger partial charge is 0.264 e. The Balaban J connectivity index is 0.00000208. The van der Waals surface area contributed by atoms with Crippen LogP contribution in [0, 0.1) is 0 Å². The van der Waals surface area contributed by atoms with Crippen molar-refractivity contribution in [2.45, 2.75) is 12.8 Å². The predicted octanol–water partition coefficient (Wildman–Crippen LogP) is 3.06. The number of nitrogens with zero attached hydrogens (tertiary/aromatic N) is 1. The Morgan fingerprint density at radius 1 is 1.17 bits per heavy atom. The van der Waals surface area contributed by atoms with Crippen LogP contribution in [-0.2, 0) is 11.2 Å². The molecule has 0 aliphatic carbocycles. The Morgan fingerprint density at radius 3 is 2.67 bits per heavy atom. The number of carbonyl (C=O) groups is 1. The van der Waals surface area contributed by atoms with E-state index < -0.39 is 0 Å². The Bertz CT molecular complexity index is 721. The van der Waals surface area contributed by atoms with Crippen LogP contribution in [0.3, 0.4) is 0 Å². The number of fused-ring (bicyclic) bond motifs is 1. The van der Waals surface area contributed by atoms with Gasteiger partial charge in [-0.15, -0.1) is 12.4 Å². The highest BCUT2D eigenvalue weighted by molar-refractivity contribution is 5.96. The van der Waals surface area contributed by atoms with Crippen LogP contribution >= 0.6 is 12.4 Å². The van der Waals surface area contributed by atoms with Crippen molar-refractivity contribution in [3.8, 4) is 11.5 Å². The van der Waals surface area contributed by atoms with E-state index in [4.69, 9.17) is 15.2 Å². The van der Waals surface area contributed by atoms with Crippen LogP contribution in [0.25, 0.3) is 0 Å². The van der Waals surface area contributed by atoms with Gasteiger partial charge in [0.1, 0.15) is 0 Å². The quantitative estimate of drug-likeness (QED) is 0.862. The lowest BCUT2D eigenvalue weighted by Gasteiger charge is -2.30. The normalized spacial score (nSPS) is 12.8. The standard InChI is InChI=1S/C18H20N2O3.ClH/c1-22-16-9-2-3-10-17(16)23-12-18(21)20-11-5-6-13-14(19)7-4-8-15(13)20;/h2-4,7-10H,5-6,11-12,19H2,1H3;1H. The Morgan fingerprint density at radius 2 is 1.92 bits per heavy atom. The third-order valence-electron chi connectivity index (χ3n) is 4.01. The van der Waals surface area contributed by atoms with Gasteiger partial charge in [0.2, 0.25) is 0 Å².